The van der Waals surface area contributed by atoms with Crippen molar-refractivity contribution in [3.63, 3.8) is 0 Å². The fourth-order valence-electron chi connectivity index (χ4n) is 4.03. The molecule has 290 valence electrons. The predicted octanol–water partition coefficient (Wildman–Crippen LogP) is 4.63. The number of aromatic hydroxyl groups is 1. The van der Waals surface area contributed by atoms with Gasteiger partial charge in [0.05, 0.1) is 20.3 Å². The maximum Gasteiger partial charge on any atom is 1.00 e. The quantitative estimate of drug-likeness (QED) is 0.0516. The molecule has 0 saturated heterocycles. The number of phenolic OH excluding ortho intramolecular Hbond substituents is 1. The summed E-state index contributed by atoms with van der Waals surface area (Å²) in [4.78, 5) is 20.0. The van der Waals surface area contributed by atoms with Gasteiger partial charge in [-0.2, -0.15) is 0 Å². The minimum Gasteiger partial charge on any atom is -1.00 e. The molecule has 1 N–H and O–H groups in total. The Morgan fingerprint density at radius 2 is 1.07 bits per heavy atom. The summed E-state index contributed by atoms with van der Waals surface area (Å²) in [5, 5.41) is 11.4. The first kappa shape index (κ1) is 32.8. The predicted molar refractivity (Wildman–Crippen MR) is 227 cm³/mol. The number of pyridine rings is 2. The molecule has 4 aromatic carbocycles. The number of hydrogen-bond donors (Lipinski definition) is 1. The Kier molecular flexibility index (Phi) is 20.4. The van der Waals surface area contributed by atoms with Gasteiger partial charge in [0.25, 0.3) is 6.47 Å². The van der Waals surface area contributed by atoms with E-state index in [-0.39, 0.29) is 130 Å². The van der Waals surface area contributed by atoms with Gasteiger partial charge in [0, 0.05) is 70.1 Å². The van der Waals surface area contributed by atoms with Gasteiger partial charge in [-0.15, -0.1) is 0 Å². The molecule has 0 spiro atoms. The molecule has 14 heteroatoms. The summed E-state index contributed by atoms with van der Waals surface area (Å²) in [7, 11) is 0. The molecule has 0 atom stereocenters. The summed E-state index contributed by atoms with van der Waals surface area (Å²) >= 11 is 7.18. The van der Waals surface area contributed by atoms with E-state index >= 15 is 0 Å². The van der Waals surface area contributed by atoms with Crippen molar-refractivity contribution < 1.29 is 160 Å². The van der Waals surface area contributed by atoms with Crippen LogP contribution in [0.15, 0.2) is 121 Å². The van der Waals surface area contributed by atoms with Gasteiger partial charge in [-0.3, -0.25) is 4.79 Å². The summed E-state index contributed by atoms with van der Waals surface area (Å²) in [6.45, 7) is -2.59. The molecule has 0 aliphatic carbocycles. The molecular formula is C42H47Br3K2N2O7. The fourth-order valence-corrected chi connectivity index (χ4v) is 4.33. The summed E-state index contributed by atoms with van der Waals surface area (Å²) < 4.78 is 136. The molecule has 0 saturated carbocycles. The van der Waals surface area contributed by atoms with E-state index in [1.165, 1.54) is 12.1 Å². The summed E-state index contributed by atoms with van der Waals surface area (Å²) in [5.74, 6) is 1.01. The fraction of sp³-hybridized carbons (Fsp3) is 0.262. The molecule has 6 aromatic rings. The van der Waals surface area contributed by atoms with Gasteiger partial charge in [0.2, 0.25) is 11.8 Å². The summed E-state index contributed by atoms with van der Waals surface area (Å²) in [6, 6.07) is 36.2. The maximum absolute atomic E-state index is 9.45. The molecule has 2 aromatic heterocycles. The second-order valence-electron chi connectivity index (χ2n) is 9.76. The van der Waals surface area contributed by atoms with E-state index in [1.807, 2.05) is 78.9 Å². The Balaban J connectivity index is 0. The van der Waals surface area contributed by atoms with Crippen LogP contribution in [0.25, 0.3) is 21.8 Å². The first-order valence-electron chi connectivity index (χ1n) is 23.0. The Morgan fingerprint density at radius 3 is 1.54 bits per heavy atom. The Bertz CT molecular complexity index is 2580. The third kappa shape index (κ3) is 23.0. The molecular weight excluding hydrogens is 962 g/mol. The number of benzene rings is 4. The third-order valence-corrected chi connectivity index (χ3v) is 6.87. The maximum atomic E-state index is 9.45. The van der Waals surface area contributed by atoms with E-state index in [0.717, 1.165) is 22.0 Å². The van der Waals surface area contributed by atoms with Crippen LogP contribution in [0.4, 0.5) is 0 Å². The van der Waals surface area contributed by atoms with Gasteiger partial charge in [0.1, 0.15) is 24.7 Å². The third-order valence-electron chi connectivity index (χ3n) is 6.27. The van der Waals surface area contributed by atoms with Crippen LogP contribution in [0, 0.1) is 0 Å². The van der Waals surface area contributed by atoms with Crippen molar-refractivity contribution in [2.24, 2.45) is 0 Å². The van der Waals surface area contributed by atoms with Gasteiger partial charge in [-0.05, 0) is 73.0 Å². The number of halogens is 3. The van der Waals surface area contributed by atoms with Crippen LogP contribution in [-0.4, -0.2) is 44.0 Å². The van der Waals surface area contributed by atoms with Gasteiger partial charge in [-0.25, -0.2) is 9.97 Å². The number of nitrogens with zero attached hydrogens (tertiary/aromatic N) is 2. The number of ether oxygens (including phenoxy) is 3. The minimum absolute atomic E-state index is 0. The number of carbonyl (C=O) groups excluding carboxylic acids is 1. The first-order chi connectivity index (χ1) is 31.7. The molecule has 0 unspecified atom stereocenters. The number of carbonyl (C=O) groups is 1. The molecule has 0 aliphatic heterocycles. The minimum atomic E-state index is -3.35. The van der Waals surface area contributed by atoms with Crippen LogP contribution >= 0.6 is 47.8 Å². The molecule has 9 nitrogen and oxygen atoms in total. The molecule has 0 bridgehead atoms. The van der Waals surface area contributed by atoms with Gasteiger partial charge in [-0.1, -0.05) is 116 Å². The van der Waals surface area contributed by atoms with Crippen molar-refractivity contribution in [1.82, 2.24) is 9.97 Å². The SMILES string of the molecule is C.O=CO[O-].Oc1ccc2ccc(OCc3ccccc3)nc2c1.[2H]C([2H])(Br)C([2H])([2H])C([2H])([2H])C([2H])([2H])Br.[2H]C([2H])(Br)C([2H])([2H])C([2H])([2H])C([2H])([2H])Oc1ccc2ccc(OCc3ccccc3)nc2c1.[H-].[K+].[K+]. The number of hydrogen-bond acceptors (Lipinski definition) is 9. The van der Waals surface area contributed by atoms with Crippen LogP contribution in [-0.2, 0) is 22.9 Å². The average molecular weight is 1030 g/mol. The Hall–Kier alpha value is -0.957. The van der Waals surface area contributed by atoms with E-state index in [9.17, 15) is 5.11 Å². The second-order valence-corrected chi connectivity index (χ2v) is 10.9. The molecule has 0 aliphatic rings. The number of fused-ring (bicyclic) bond motifs is 2. The topological polar surface area (TPSA) is 123 Å². The van der Waals surface area contributed by atoms with Crippen LogP contribution in [0.5, 0.6) is 23.3 Å². The molecule has 0 amide bonds. The van der Waals surface area contributed by atoms with Crippen LogP contribution < -0.4 is 122 Å². The van der Waals surface area contributed by atoms with E-state index in [4.69, 9.17) is 46.2 Å². The zero-order chi connectivity index (χ0) is 52.3. The Morgan fingerprint density at radius 1 is 0.643 bits per heavy atom. The van der Waals surface area contributed by atoms with Crippen molar-refractivity contribution in [3.05, 3.63) is 132 Å². The van der Waals surface area contributed by atoms with Gasteiger partial charge in [0.15, 0.2) is 0 Å². The van der Waals surface area contributed by atoms with E-state index < -0.39 is 47.9 Å². The normalized spacial score (nSPS) is 15.8. The number of alkyl halides is 3. The second kappa shape index (κ2) is 34.9. The molecule has 0 radical (unpaired) electrons. The van der Waals surface area contributed by atoms with E-state index in [2.05, 4.69) is 62.6 Å². The first-order valence-corrected chi connectivity index (χ1v) is 17.4. The largest absolute Gasteiger partial charge is 1.00 e. The standard InChI is InChI=1S/C20H20BrNO2.C16H13NO2.C4H8Br2.CH2O3.CH4.2K.H/c21-12-4-5-13-23-18-10-8-17-9-11-20(22-19(17)14-18)24-15-16-6-2-1-3-7-16;18-14-8-6-13-7-9-16(17-15(13)10-14)19-11-12-4-2-1-3-5-12;5-3-1-2-4-6;2-1-4-3;;;;/h1-3,6-11,14H,4-5,12-13,15H2;1-10,18H,11H2;1-4H2;1,3H;1H4;;;/q;;;;;2*+1;-1/p-1/i4D2,5D2,12D2,13D2;;1D2,2D2,3D2,4D2;;;;;. The molecule has 56 heavy (non-hydrogen) atoms. The van der Waals surface area contributed by atoms with Crippen molar-refractivity contribution >= 4 is 76.1 Å². The molecule has 6 rings (SSSR count). The van der Waals surface area contributed by atoms with Crippen LogP contribution in [0.2, 0.25) is 0 Å². The van der Waals surface area contributed by atoms with Gasteiger partial charge < -0.3 is 30.9 Å². The number of phenols is 1. The van der Waals surface area contributed by atoms with Crippen molar-refractivity contribution in [2.75, 3.05) is 22.4 Å². The summed E-state index contributed by atoms with van der Waals surface area (Å²) in [5.41, 5.74) is 3.19. The Labute approximate surface area is 464 Å². The van der Waals surface area contributed by atoms with Crippen molar-refractivity contribution in [3.8, 4) is 23.3 Å². The average Bonchev–Trinajstić information content (AvgIpc) is 3.27. The zero-order valence-corrected chi connectivity index (χ0v) is 40.5. The smallest absolute Gasteiger partial charge is 1.00 e. The van der Waals surface area contributed by atoms with Crippen LogP contribution in [0.1, 0.15) is 67.4 Å². The van der Waals surface area contributed by atoms with Crippen molar-refractivity contribution in [2.45, 2.75) is 46.1 Å². The van der Waals surface area contributed by atoms with Gasteiger partial charge >= 0.3 is 103 Å². The molecule has 2 heterocycles. The van der Waals surface area contributed by atoms with Crippen LogP contribution in [0.3, 0.4) is 0 Å². The summed E-state index contributed by atoms with van der Waals surface area (Å²) in [6.07, 6.45) is -12.6. The van der Waals surface area contributed by atoms with E-state index in [0.29, 0.717) is 35.9 Å². The van der Waals surface area contributed by atoms with E-state index in [1.54, 1.807) is 30.3 Å². The molecule has 0 fully saturated rings. The number of aromatic nitrogens is 2. The zero-order valence-electron chi connectivity index (χ0n) is 46.5. The monoisotopic (exact) mass is 1020 g/mol. The van der Waals surface area contributed by atoms with Crippen molar-refractivity contribution in [1.29, 1.82) is 0 Å². The number of rotatable bonds is 15.